The van der Waals surface area contributed by atoms with E-state index in [0.717, 1.165) is 44.5 Å². The van der Waals surface area contributed by atoms with Crippen molar-refractivity contribution in [3.63, 3.8) is 0 Å². The van der Waals surface area contributed by atoms with E-state index in [1.165, 1.54) is 0 Å². The zero-order valence-corrected chi connectivity index (χ0v) is 53.0. The van der Waals surface area contributed by atoms with E-state index in [2.05, 4.69) is 6.58 Å². The number of rotatable bonds is 50. The van der Waals surface area contributed by atoms with E-state index in [-0.39, 0.29) is 92.5 Å². The molecule has 0 radical (unpaired) electrons. The fourth-order valence-corrected chi connectivity index (χ4v) is 9.41. The lowest BCUT2D eigenvalue weighted by atomic mass is 10.2. The third kappa shape index (κ3) is 30.6. The summed E-state index contributed by atoms with van der Waals surface area (Å²) in [5, 5.41) is 0. The fraction of sp³-hybridized carbons (Fsp3) is 0.359. The van der Waals surface area contributed by atoms with Crippen molar-refractivity contribution in [1.29, 1.82) is 0 Å². The van der Waals surface area contributed by atoms with Gasteiger partial charge in [0.05, 0.1) is 145 Å². The Kier molecular flexibility index (Phi) is 34.2. The Morgan fingerprint density at radius 1 is 0.196 bits per heavy atom. The highest BCUT2D eigenvalue weighted by molar-refractivity contribution is 5.18. The van der Waals surface area contributed by atoms with Crippen LogP contribution in [0.15, 0.2) is 255 Å². The highest BCUT2D eigenvalue weighted by Crippen LogP contribution is 2.15. The van der Waals surface area contributed by atoms with Crippen molar-refractivity contribution in [3.05, 3.63) is 299 Å². The minimum Gasteiger partial charge on any atom is -0.374 e. The first kappa shape index (κ1) is 70.8. The van der Waals surface area contributed by atoms with Crippen LogP contribution in [0.2, 0.25) is 0 Å². The molecule has 14 nitrogen and oxygen atoms in total. The summed E-state index contributed by atoms with van der Waals surface area (Å²) in [6, 6.07) is 80.6. The molecule has 0 saturated carbocycles. The van der Waals surface area contributed by atoms with Gasteiger partial charge in [-0.1, -0.05) is 249 Å². The van der Waals surface area contributed by atoms with Crippen LogP contribution in [0.25, 0.3) is 0 Å². The molecule has 8 rings (SSSR count). The summed E-state index contributed by atoms with van der Waals surface area (Å²) in [5.41, 5.74) is 9.14. The zero-order valence-electron chi connectivity index (χ0n) is 53.0. The van der Waals surface area contributed by atoms with Gasteiger partial charge in [-0.15, -0.1) is 0 Å². The number of benzene rings is 8. The van der Waals surface area contributed by atoms with Crippen LogP contribution in [0, 0.1) is 0 Å². The molecule has 0 spiro atoms. The molecular formula is C78H92O14. The molecule has 0 fully saturated rings. The highest BCUT2D eigenvalue weighted by atomic mass is 16.6. The Morgan fingerprint density at radius 2 is 0.337 bits per heavy atom. The molecule has 0 atom stereocenters. The van der Waals surface area contributed by atoms with Gasteiger partial charge in [-0.25, -0.2) is 0 Å². The van der Waals surface area contributed by atoms with Gasteiger partial charge in [0.1, 0.15) is 36.6 Å². The Bertz CT molecular complexity index is 2480. The lowest BCUT2D eigenvalue weighted by Crippen LogP contribution is -2.37. The standard InChI is InChI=1S/C78H92O14/c1-64(42-87-77(60-89-73(52-79-44-65-26-10-2-11-27-65)53-80-45-66-28-12-3-13-29-66)61-90-74(54-81-46-67-30-14-4-15-31-67)55-82-47-68-32-16-5-17-33-68)43-88-78(62-91-75(56-83-48-69-34-18-6-19-35-69)57-84-49-70-36-20-7-21-37-70)63-92-76(58-85-50-71-38-22-8-23-39-71)59-86-51-72-40-24-9-25-41-72/h2-41,73-78H,1,42-63H2. The quantitative estimate of drug-likeness (QED) is 0.0335. The van der Waals surface area contributed by atoms with Crippen molar-refractivity contribution in [3.8, 4) is 0 Å². The van der Waals surface area contributed by atoms with Gasteiger partial charge in [-0.3, -0.25) is 0 Å². The van der Waals surface area contributed by atoms with E-state index in [1.807, 2.05) is 243 Å². The first-order chi connectivity index (χ1) is 45.5. The van der Waals surface area contributed by atoms with Crippen LogP contribution in [0.4, 0.5) is 0 Å². The average molecular weight is 1250 g/mol. The Hall–Kier alpha value is -7.06. The Labute approximate surface area is 545 Å². The number of hydrogen-bond acceptors (Lipinski definition) is 14. The van der Waals surface area contributed by atoms with Crippen LogP contribution in [0.3, 0.4) is 0 Å². The molecule has 488 valence electrons. The SMILES string of the molecule is C=C(COC(COC(COCc1ccccc1)COCc1ccccc1)COC(COCc1ccccc1)COCc1ccccc1)COC(COC(COCc1ccccc1)COCc1ccccc1)COC(COCc1ccccc1)COCc1ccccc1. The molecule has 0 amide bonds. The van der Waals surface area contributed by atoms with Gasteiger partial charge in [0.15, 0.2) is 0 Å². The van der Waals surface area contributed by atoms with Gasteiger partial charge in [0.2, 0.25) is 0 Å². The Morgan fingerprint density at radius 3 is 0.489 bits per heavy atom. The second kappa shape index (κ2) is 44.5. The molecule has 0 bridgehead atoms. The summed E-state index contributed by atoms with van der Waals surface area (Å²) in [4.78, 5) is 0. The van der Waals surface area contributed by atoms with Crippen LogP contribution >= 0.6 is 0 Å². The van der Waals surface area contributed by atoms with Gasteiger partial charge >= 0.3 is 0 Å². The van der Waals surface area contributed by atoms with E-state index in [0.29, 0.717) is 58.4 Å². The summed E-state index contributed by atoms with van der Waals surface area (Å²) in [6.45, 7) is 10.9. The van der Waals surface area contributed by atoms with E-state index in [1.54, 1.807) is 0 Å². The smallest absolute Gasteiger partial charge is 0.105 e. The summed E-state index contributed by atoms with van der Waals surface area (Å²) < 4.78 is 90.3. The van der Waals surface area contributed by atoms with Crippen LogP contribution < -0.4 is 0 Å². The monoisotopic (exact) mass is 1250 g/mol. The maximum absolute atomic E-state index is 6.73. The third-order valence-electron chi connectivity index (χ3n) is 14.4. The Balaban J connectivity index is 0.956. The minimum atomic E-state index is -0.578. The van der Waals surface area contributed by atoms with Crippen molar-refractivity contribution in [2.24, 2.45) is 0 Å². The first-order valence-corrected chi connectivity index (χ1v) is 31.8. The average Bonchev–Trinajstić information content (AvgIpc) is 3.81. The maximum Gasteiger partial charge on any atom is 0.105 e. The van der Waals surface area contributed by atoms with Crippen molar-refractivity contribution in [1.82, 2.24) is 0 Å². The third-order valence-corrected chi connectivity index (χ3v) is 14.4. The summed E-state index contributed by atoms with van der Waals surface area (Å²) in [7, 11) is 0. The summed E-state index contributed by atoms with van der Waals surface area (Å²) in [6.07, 6.45) is -2.91. The molecule has 92 heavy (non-hydrogen) atoms. The van der Waals surface area contributed by atoms with Gasteiger partial charge in [-0.2, -0.15) is 0 Å². The van der Waals surface area contributed by atoms with Gasteiger partial charge in [-0.05, 0) is 50.1 Å². The topological polar surface area (TPSA) is 129 Å². The van der Waals surface area contributed by atoms with Crippen molar-refractivity contribution < 1.29 is 66.3 Å². The van der Waals surface area contributed by atoms with E-state index in [4.69, 9.17) is 66.3 Å². The van der Waals surface area contributed by atoms with E-state index in [9.17, 15) is 0 Å². The lowest BCUT2D eigenvalue weighted by Gasteiger charge is -2.27. The fourth-order valence-electron chi connectivity index (χ4n) is 9.41. The molecule has 0 aliphatic rings. The van der Waals surface area contributed by atoms with E-state index < -0.39 is 36.6 Å². The molecule has 8 aromatic rings. The van der Waals surface area contributed by atoms with Crippen LogP contribution in [-0.4, -0.2) is 129 Å². The number of hydrogen-bond donors (Lipinski definition) is 0. The van der Waals surface area contributed by atoms with Crippen molar-refractivity contribution in [2.45, 2.75) is 89.5 Å². The van der Waals surface area contributed by atoms with Gasteiger partial charge in [0.25, 0.3) is 0 Å². The molecular weight excluding hydrogens is 1160 g/mol. The molecule has 14 heteroatoms. The molecule has 0 unspecified atom stereocenters. The lowest BCUT2D eigenvalue weighted by molar-refractivity contribution is -0.135. The zero-order chi connectivity index (χ0) is 63.4. The largest absolute Gasteiger partial charge is 0.374 e. The van der Waals surface area contributed by atoms with Crippen LogP contribution in [0.5, 0.6) is 0 Å². The first-order valence-electron chi connectivity index (χ1n) is 31.8. The minimum absolute atomic E-state index is 0.123. The highest BCUT2D eigenvalue weighted by Gasteiger charge is 2.23. The molecule has 8 aromatic carbocycles. The summed E-state index contributed by atoms with van der Waals surface area (Å²) in [5.74, 6) is 0. The van der Waals surface area contributed by atoms with Crippen LogP contribution in [-0.2, 0) is 119 Å². The van der Waals surface area contributed by atoms with Gasteiger partial charge in [0, 0.05) is 0 Å². The van der Waals surface area contributed by atoms with E-state index >= 15 is 0 Å². The normalized spacial score (nSPS) is 11.7. The van der Waals surface area contributed by atoms with Crippen LogP contribution in [0.1, 0.15) is 44.5 Å². The van der Waals surface area contributed by atoms with Crippen molar-refractivity contribution in [2.75, 3.05) is 92.5 Å². The molecule has 0 aromatic heterocycles. The second-order valence-corrected chi connectivity index (χ2v) is 22.4. The molecule has 0 heterocycles. The predicted octanol–water partition coefficient (Wildman–Crippen LogP) is 13.6. The predicted molar refractivity (Wildman–Crippen MR) is 356 cm³/mol. The van der Waals surface area contributed by atoms with Gasteiger partial charge < -0.3 is 66.3 Å². The summed E-state index contributed by atoms with van der Waals surface area (Å²) >= 11 is 0. The molecule has 0 aliphatic heterocycles. The molecule has 0 aliphatic carbocycles. The van der Waals surface area contributed by atoms with Crippen molar-refractivity contribution >= 4 is 0 Å². The number of ether oxygens (including phenoxy) is 14. The maximum atomic E-state index is 6.73. The second-order valence-electron chi connectivity index (χ2n) is 22.4. The molecule has 0 saturated heterocycles. The molecule has 0 N–H and O–H groups in total.